The summed E-state index contributed by atoms with van der Waals surface area (Å²) < 4.78 is 5.33. The Bertz CT molecular complexity index is 325. The number of ether oxygens (including phenoxy) is 1. The van der Waals surface area contributed by atoms with E-state index in [0.717, 1.165) is 39.3 Å². The van der Waals surface area contributed by atoms with E-state index in [0.29, 0.717) is 0 Å². The Balaban J connectivity index is 1.81. The molecule has 1 aromatic rings. The van der Waals surface area contributed by atoms with Gasteiger partial charge in [0.25, 0.3) is 0 Å². The molecule has 0 atom stereocenters. The second-order valence-electron chi connectivity index (χ2n) is 4.15. The minimum atomic E-state index is 0.884. The summed E-state index contributed by atoms with van der Waals surface area (Å²) in [5.41, 5.74) is 2.59. The van der Waals surface area contributed by atoms with Gasteiger partial charge < -0.3 is 4.74 Å². The van der Waals surface area contributed by atoms with E-state index in [-0.39, 0.29) is 0 Å². The Kier molecular flexibility index (Phi) is 4.14. The lowest BCUT2D eigenvalue weighted by Crippen LogP contribution is -2.37. The molecule has 1 aliphatic heterocycles. The molecule has 1 heterocycles. The van der Waals surface area contributed by atoms with Crippen molar-refractivity contribution in [3.8, 4) is 0 Å². The maximum atomic E-state index is 5.33. The minimum absolute atomic E-state index is 0.884. The summed E-state index contributed by atoms with van der Waals surface area (Å²) in [5, 5.41) is 0. The summed E-state index contributed by atoms with van der Waals surface area (Å²) in [6.07, 6.45) is 3.00. The van der Waals surface area contributed by atoms with Crippen LogP contribution in [-0.2, 0) is 11.2 Å². The monoisotopic (exact) mass is 217 g/mol. The first-order chi connectivity index (χ1) is 7.88. The van der Waals surface area contributed by atoms with Crippen molar-refractivity contribution >= 4 is 6.08 Å². The first-order valence-corrected chi connectivity index (χ1v) is 5.90. The summed E-state index contributed by atoms with van der Waals surface area (Å²) >= 11 is 0. The van der Waals surface area contributed by atoms with Crippen LogP contribution in [0, 0.1) is 0 Å². The van der Waals surface area contributed by atoms with Crippen molar-refractivity contribution in [2.75, 3.05) is 32.8 Å². The molecule has 16 heavy (non-hydrogen) atoms. The number of morpholine rings is 1. The van der Waals surface area contributed by atoms with E-state index in [2.05, 4.69) is 35.7 Å². The van der Waals surface area contributed by atoms with Crippen LogP contribution in [0.4, 0.5) is 0 Å². The highest BCUT2D eigenvalue weighted by molar-refractivity contribution is 5.47. The van der Waals surface area contributed by atoms with E-state index in [4.69, 9.17) is 4.74 Å². The third-order valence-electron chi connectivity index (χ3n) is 3.04. The maximum absolute atomic E-state index is 5.33. The van der Waals surface area contributed by atoms with Crippen molar-refractivity contribution in [1.29, 1.82) is 0 Å². The molecule has 1 aromatic carbocycles. The van der Waals surface area contributed by atoms with Crippen LogP contribution < -0.4 is 0 Å². The first-order valence-electron chi connectivity index (χ1n) is 5.90. The topological polar surface area (TPSA) is 12.5 Å². The molecular weight excluding hydrogens is 198 g/mol. The molecule has 0 amide bonds. The van der Waals surface area contributed by atoms with Crippen molar-refractivity contribution in [2.24, 2.45) is 0 Å². The van der Waals surface area contributed by atoms with Gasteiger partial charge in [-0.05, 0) is 17.5 Å². The average Bonchev–Trinajstić information content (AvgIpc) is 2.38. The van der Waals surface area contributed by atoms with Crippen LogP contribution >= 0.6 is 0 Å². The quantitative estimate of drug-likeness (QED) is 0.766. The third kappa shape index (κ3) is 3.19. The van der Waals surface area contributed by atoms with Gasteiger partial charge in [0.05, 0.1) is 13.2 Å². The van der Waals surface area contributed by atoms with Crippen LogP contribution in [0.25, 0.3) is 6.08 Å². The van der Waals surface area contributed by atoms with Crippen LogP contribution in [0.3, 0.4) is 0 Å². The van der Waals surface area contributed by atoms with Gasteiger partial charge in [-0.2, -0.15) is 0 Å². The Labute approximate surface area is 97.5 Å². The van der Waals surface area contributed by atoms with Crippen molar-refractivity contribution in [3.05, 3.63) is 42.0 Å². The van der Waals surface area contributed by atoms with Gasteiger partial charge in [-0.25, -0.2) is 0 Å². The molecule has 2 nitrogen and oxygen atoms in total. The standard InChI is InChI=1S/C14H19NO/c1-2-13-3-5-14(6-4-13)7-8-15-9-11-16-12-10-15/h2-6H,1,7-12H2. The molecule has 86 valence electrons. The van der Waals surface area contributed by atoms with E-state index in [9.17, 15) is 0 Å². The smallest absolute Gasteiger partial charge is 0.0594 e. The molecule has 0 radical (unpaired) electrons. The van der Waals surface area contributed by atoms with E-state index in [1.807, 2.05) is 6.08 Å². The minimum Gasteiger partial charge on any atom is -0.379 e. The Morgan fingerprint density at radius 2 is 1.88 bits per heavy atom. The predicted molar refractivity (Wildman–Crippen MR) is 67.5 cm³/mol. The molecule has 0 aromatic heterocycles. The molecule has 2 rings (SSSR count). The second-order valence-corrected chi connectivity index (χ2v) is 4.15. The molecule has 0 N–H and O–H groups in total. The molecule has 2 heteroatoms. The van der Waals surface area contributed by atoms with Crippen molar-refractivity contribution in [2.45, 2.75) is 6.42 Å². The van der Waals surface area contributed by atoms with Crippen LogP contribution in [0.15, 0.2) is 30.8 Å². The molecular formula is C14H19NO. The van der Waals surface area contributed by atoms with Gasteiger partial charge >= 0.3 is 0 Å². The number of hydrogen-bond acceptors (Lipinski definition) is 2. The lowest BCUT2D eigenvalue weighted by atomic mass is 10.1. The van der Waals surface area contributed by atoms with E-state index < -0.39 is 0 Å². The number of hydrogen-bond donors (Lipinski definition) is 0. The highest BCUT2D eigenvalue weighted by Gasteiger charge is 2.09. The zero-order valence-electron chi connectivity index (χ0n) is 9.69. The number of benzene rings is 1. The molecule has 0 unspecified atom stereocenters. The maximum Gasteiger partial charge on any atom is 0.0594 e. The lowest BCUT2D eigenvalue weighted by Gasteiger charge is -2.26. The van der Waals surface area contributed by atoms with Crippen LogP contribution in [0.5, 0.6) is 0 Å². The van der Waals surface area contributed by atoms with E-state index >= 15 is 0 Å². The van der Waals surface area contributed by atoms with Crippen molar-refractivity contribution < 1.29 is 4.74 Å². The summed E-state index contributed by atoms with van der Waals surface area (Å²) in [6.45, 7) is 8.81. The first kappa shape index (κ1) is 11.4. The molecule has 0 aliphatic carbocycles. The van der Waals surface area contributed by atoms with Gasteiger partial charge in [0.2, 0.25) is 0 Å². The van der Waals surface area contributed by atoms with Crippen molar-refractivity contribution in [1.82, 2.24) is 4.90 Å². The van der Waals surface area contributed by atoms with Crippen LogP contribution in [-0.4, -0.2) is 37.7 Å². The molecule has 1 fully saturated rings. The predicted octanol–water partition coefficient (Wildman–Crippen LogP) is 2.20. The zero-order valence-corrected chi connectivity index (χ0v) is 9.69. The van der Waals surface area contributed by atoms with Crippen LogP contribution in [0.2, 0.25) is 0 Å². The Morgan fingerprint density at radius 1 is 1.19 bits per heavy atom. The molecule has 1 saturated heterocycles. The van der Waals surface area contributed by atoms with Gasteiger partial charge in [-0.3, -0.25) is 4.90 Å². The average molecular weight is 217 g/mol. The second kappa shape index (κ2) is 5.83. The van der Waals surface area contributed by atoms with Crippen molar-refractivity contribution in [3.63, 3.8) is 0 Å². The third-order valence-corrected chi connectivity index (χ3v) is 3.04. The number of nitrogens with zero attached hydrogens (tertiary/aromatic N) is 1. The fourth-order valence-electron chi connectivity index (χ4n) is 1.93. The molecule has 0 spiro atoms. The number of rotatable bonds is 4. The van der Waals surface area contributed by atoms with Gasteiger partial charge in [0.1, 0.15) is 0 Å². The van der Waals surface area contributed by atoms with Gasteiger partial charge in [0, 0.05) is 19.6 Å². The fraction of sp³-hybridized carbons (Fsp3) is 0.429. The van der Waals surface area contributed by atoms with Gasteiger partial charge in [0.15, 0.2) is 0 Å². The highest BCUT2D eigenvalue weighted by atomic mass is 16.5. The Morgan fingerprint density at radius 3 is 2.50 bits per heavy atom. The summed E-state index contributed by atoms with van der Waals surface area (Å²) in [7, 11) is 0. The summed E-state index contributed by atoms with van der Waals surface area (Å²) in [5.74, 6) is 0. The fourth-order valence-corrected chi connectivity index (χ4v) is 1.93. The zero-order chi connectivity index (χ0) is 11.2. The van der Waals surface area contributed by atoms with Gasteiger partial charge in [-0.15, -0.1) is 0 Å². The molecule has 0 bridgehead atoms. The Hall–Kier alpha value is -1.12. The van der Waals surface area contributed by atoms with E-state index in [1.54, 1.807) is 0 Å². The van der Waals surface area contributed by atoms with Crippen LogP contribution in [0.1, 0.15) is 11.1 Å². The summed E-state index contributed by atoms with van der Waals surface area (Å²) in [4.78, 5) is 2.46. The molecule has 0 saturated carbocycles. The lowest BCUT2D eigenvalue weighted by molar-refractivity contribution is 0.0384. The molecule has 1 aliphatic rings. The van der Waals surface area contributed by atoms with Gasteiger partial charge in [-0.1, -0.05) is 36.9 Å². The largest absolute Gasteiger partial charge is 0.379 e. The highest BCUT2D eigenvalue weighted by Crippen LogP contribution is 2.07. The summed E-state index contributed by atoms with van der Waals surface area (Å²) in [6, 6.07) is 8.64. The SMILES string of the molecule is C=Cc1ccc(CCN2CCOCC2)cc1. The van der Waals surface area contributed by atoms with E-state index in [1.165, 1.54) is 11.1 Å². The normalized spacial score (nSPS) is 17.2.